The van der Waals surface area contributed by atoms with E-state index in [1.165, 1.54) is 16.7 Å². The third-order valence-electron chi connectivity index (χ3n) is 3.35. The number of aliphatic hydroxyl groups is 1. The van der Waals surface area contributed by atoms with Crippen LogP contribution < -0.4 is 5.32 Å². The predicted octanol–water partition coefficient (Wildman–Crippen LogP) is 2.97. The molecule has 0 bridgehead atoms. The van der Waals surface area contributed by atoms with Crippen molar-refractivity contribution in [3.8, 4) is 0 Å². The minimum Gasteiger partial charge on any atom is -0.396 e. The SMILES string of the molecule is Cc1ccc(C(C)NCC(C)(C)CO)cc1C. The van der Waals surface area contributed by atoms with E-state index in [1.54, 1.807) is 0 Å². The molecule has 1 unspecified atom stereocenters. The highest BCUT2D eigenvalue weighted by Crippen LogP contribution is 2.19. The Balaban J connectivity index is 2.64. The molecular weight excluding hydrogens is 210 g/mol. The first-order valence-electron chi connectivity index (χ1n) is 6.27. The molecule has 0 radical (unpaired) electrons. The van der Waals surface area contributed by atoms with Gasteiger partial charge in [-0.1, -0.05) is 32.0 Å². The van der Waals surface area contributed by atoms with Crippen LogP contribution in [-0.2, 0) is 0 Å². The molecule has 1 aromatic carbocycles. The Morgan fingerprint density at radius 2 is 1.88 bits per heavy atom. The summed E-state index contributed by atoms with van der Waals surface area (Å²) in [5, 5.41) is 12.7. The van der Waals surface area contributed by atoms with Crippen LogP contribution >= 0.6 is 0 Å². The molecule has 2 N–H and O–H groups in total. The van der Waals surface area contributed by atoms with Crippen molar-refractivity contribution in [2.45, 2.75) is 40.7 Å². The molecule has 0 aromatic heterocycles. The Hall–Kier alpha value is -0.860. The molecule has 0 aliphatic rings. The fraction of sp³-hybridized carbons (Fsp3) is 0.600. The second-order valence-electron chi connectivity index (χ2n) is 5.77. The van der Waals surface area contributed by atoms with Gasteiger partial charge in [-0.15, -0.1) is 0 Å². The Morgan fingerprint density at radius 3 is 2.41 bits per heavy atom. The van der Waals surface area contributed by atoms with Crippen molar-refractivity contribution in [3.05, 3.63) is 34.9 Å². The number of hydrogen-bond acceptors (Lipinski definition) is 2. The second kappa shape index (κ2) is 5.65. The molecule has 2 nitrogen and oxygen atoms in total. The Bertz CT molecular complexity index is 371. The maximum absolute atomic E-state index is 9.22. The van der Waals surface area contributed by atoms with Crippen molar-refractivity contribution in [2.75, 3.05) is 13.2 Å². The van der Waals surface area contributed by atoms with E-state index in [9.17, 15) is 5.11 Å². The third kappa shape index (κ3) is 4.14. The largest absolute Gasteiger partial charge is 0.396 e. The highest BCUT2D eigenvalue weighted by Gasteiger charge is 2.17. The van der Waals surface area contributed by atoms with Crippen LogP contribution in [0.4, 0.5) is 0 Å². The number of benzene rings is 1. The summed E-state index contributed by atoms with van der Waals surface area (Å²) in [6, 6.07) is 6.89. The van der Waals surface area contributed by atoms with Crippen molar-refractivity contribution in [3.63, 3.8) is 0 Å². The summed E-state index contributed by atoms with van der Waals surface area (Å²) in [6.07, 6.45) is 0. The van der Waals surface area contributed by atoms with Gasteiger partial charge in [-0.05, 0) is 37.5 Å². The van der Waals surface area contributed by atoms with Gasteiger partial charge >= 0.3 is 0 Å². The molecule has 1 aromatic rings. The lowest BCUT2D eigenvalue weighted by molar-refractivity contribution is 0.154. The normalized spacial score (nSPS) is 13.8. The van der Waals surface area contributed by atoms with Crippen LogP contribution in [0.1, 0.15) is 43.5 Å². The molecule has 96 valence electrons. The van der Waals surface area contributed by atoms with Crippen molar-refractivity contribution in [1.29, 1.82) is 0 Å². The van der Waals surface area contributed by atoms with Crippen molar-refractivity contribution in [2.24, 2.45) is 5.41 Å². The van der Waals surface area contributed by atoms with E-state index in [1.807, 2.05) is 0 Å². The van der Waals surface area contributed by atoms with E-state index in [2.05, 4.69) is 58.1 Å². The van der Waals surface area contributed by atoms with Crippen LogP contribution in [0.2, 0.25) is 0 Å². The summed E-state index contributed by atoms with van der Waals surface area (Å²) in [5.41, 5.74) is 3.91. The molecule has 0 amide bonds. The molecule has 1 atom stereocenters. The van der Waals surface area contributed by atoms with Crippen LogP contribution in [0.25, 0.3) is 0 Å². The van der Waals surface area contributed by atoms with Crippen molar-refractivity contribution < 1.29 is 5.11 Å². The van der Waals surface area contributed by atoms with Crippen molar-refractivity contribution in [1.82, 2.24) is 5.32 Å². The quantitative estimate of drug-likeness (QED) is 0.822. The van der Waals surface area contributed by atoms with E-state index in [4.69, 9.17) is 0 Å². The van der Waals surface area contributed by atoms with Gasteiger partial charge in [0.2, 0.25) is 0 Å². The topological polar surface area (TPSA) is 32.3 Å². The van der Waals surface area contributed by atoms with Gasteiger partial charge in [0.15, 0.2) is 0 Å². The number of aliphatic hydroxyl groups excluding tert-OH is 1. The van der Waals surface area contributed by atoms with Gasteiger partial charge in [-0.3, -0.25) is 0 Å². The lowest BCUT2D eigenvalue weighted by Crippen LogP contribution is -2.33. The molecule has 17 heavy (non-hydrogen) atoms. The van der Waals surface area contributed by atoms with Crippen LogP contribution in [0.5, 0.6) is 0 Å². The Labute approximate surface area is 105 Å². The Kier molecular flexibility index (Phi) is 4.72. The summed E-state index contributed by atoms with van der Waals surface area (Å²) < 4.78 is 0. The fourth-order valence-corrected chi connectivity index (χ4v) is 1.64. The van der Waals surface area contributed by atoms with Gasteiger partial charge in [-0.25, -0.2) is 0 Å². The molecule has 0 aliphatic carbocycles. The number of nitrogens with one attached hydrogen (secondary N) is 1. The van der Waals surface area contributed by atoms with Gasteiger partial charge < -0.3 is 10.4 Å². The summed E-state index contributed by atoms with van der Waals surface area (Å²) in [4.78, 5) is 0. The molecule has 0 fully saturated rings. The van der Waals surface area contributed by atoms with Gasteiger partial charge in [0, 0.05) is 24.6 Å². The number of hydrogen-bond donors (Lipinski definition) is 2. The van der Waals surface area contributed by atoms with Crippen molar-refractivity contribution >= 4 is 0 Å². The minimum absolute atomic E-state index is 0.0615. The highest BCUT2D eigenvalue weighted by atomic mass is 16.3. The average molecular weight is 235 g/mol. The molecule has 0 aliphatic heterocycles. The van der Waals surface area contributed by atoms with E-state index >= 15 is 0 Å². The maximum Gasteiger partial charge on any atom is 0.0494 e. The summed E-state index contributed by atoms with van der Waals surface area (Å²) in [5.74, 6) is 0. The minimum atomic E-state index is -0.0615. The molecule has 0 spiro atoms. The average Bonchev–Trinajstić information content (AvgIpc) is 2.30. The van der Waals surface area contributed by atoms with Gasteiger partial charge in [0.1, 0.15) is 0 Å². The smallest absolute Gasteiger partial charge is 0.0494 e. The van der Waals surface area contributed by atoms with Gasteiger partial charge in [-0.2, -0.15) is 0 Å². The zero-order chi connectivity index (χ0) is 13.1. The zero-order valence-corrected chi connectivity index (χ0v) is 11.7. The zero-order valence-electron chi connectivity index (χ0n) is 11.7. The van der Waals surface area contributed by atoms with Gasteiger partial charge in [0.05, 0.1) is 0 Å². The Morgan fingerprint density at radius 1 is 1.24 bits per heavy atom. The van der Waals surface area contributed by atoms with Crippen LogP contribution in [0.15, 0.2) is 18.2 Å². The highest BCUT2D eigenvalue weighted by molar-refractivity contribution is 5.31. The fourth-order valence-electron chi connectivity index (χ4n) is 1.64. The maximum atomic E-state index is 9.22. The molecule has 0 heterocycles. The second-order valence-corrected chi connectivity index (χ2v) is 5.77. The molecule has 1 rings (SSSR count). The lowest BCUT2D eigenvalue weighted by atomic mass is 9.94. The summed E-state index contributed by atoms with van der Waals surface area (Å²) >= 11 is 0. The number of aryl methyl sites for hydroxylation is 2. The monoisotopic (exact) mass is 235 g/mol. The molecule has 0 saturated heterocycles. The first kappa shape index (κ1) is 14.2. The van der Waals surface area contributed by atoms with E-state index in [-0.39, 0.29) is 12.0 Å². The first-order chi connectivity index (χ1) is 7.85. The third-order valence-corrected chi connectivity index (χ3v) is 3.35. The molecular formula is C15H25NO. The van der Waals surface area contributed by atoms with E-state index in [0.717, 1.165) is 6.54 Å². The number of rotatable bonds is 5. The predicted molar refractivity (Wildman–Crippen MR) is 73.2 cm³/mol. The first-order valence-corrected chi connectivity index (χ1v) is 6.27. The molecule has 2 heteroatoms. The van der Waals surface area contributed by atoms with Crippen LogP contribution in [0.3, 0.4) is 0 Å². The van der Waals surface area contributed by atoms with Crippen LogP contribution in [0, 0.1) is 19.3 Å². The van der Waals surface area contributed by atoms with E-state index < -0.39 is 0 Å². The lowest BCUT2D eigenvalue weighted by Gasteiger charge is -2.25. The summed E-state index contributed by atoms with van der Waals surface area (Å²) in [7, 11) is 0. The molecule has 0 saturated carbocycles. The van der Waals surface area contributed by atoms with Gasteiger partial charge in [0.25, 0.3) is 0 Å². The van der Waals surface area contributed by atoms with Crippen LogP contribution in [-0.4, -0.2) is 18.3 Å². The standard InChI is InChI=1S/C15H25NO/c1-11-6-7-14(8-12(11)2)13(3)16-9-15(4,5)10-17/h6-8,13,16-17H,9-10H2,1-5H3. The van der Waals surface area contributed by atoms with E-state index in [0.29, 0.717) is 6.04 Å². The summed E-state index contributed by atoms with van der Waals surface area (Å²) in [6.45, 7) is 11.6.